The Hall–Kier alpha value is -3.28. The Bertz CT molecular complexity index is 936. The Morgan fingerprint density at radius 1 is 1.07 bits per heavy atom. The lowest BCUT2D eigenvalue weighted by molar-refractivity contribution is 0.0742. The van der Waals surface area contributed by atoms with Crippen LogP contribution in [0.3, 0.4) is 0 Å². The van der Waals surface area contributed by atoms with Crippen LogP contribution in [0, 0.1) is 0 Å². The summed E-state index contributed by atoms with van der Waals surface area (Å²) in [4.78, 5) is 14.6. The van der Waals surface area contributed by atoms with Gasteiger partial charge in [0.1, 0.15) is 13.2 Å². The van der Waals surface area contributed by atoms with Gasteiger partial charge in [0.15, 0.2) is 11.5 Å². The molecule has 6 nitrogen and oxygen atoms in total. The van der Waals surface area contributed by atoms with Gasteiger partial charge in [0.25, 0.3) is 5.91 Å². The average Bonchev–Trinajstić information content (AvgIpc) is 3.27. The van der Waals surface area contributed by atoms with E-state index >= 15 is 0 Å². The number of hydrogen-bond acceptors (Lipinski definition) is 4. The van der Waals surface area contributed by atoms with E-state index in [1.165, 1.54) is 0 Å². The summed E-state index contributed by atoms with van der Waals surface area (Å²) < 4.78 is 11.2. The number of carbonyl (C=O) groups is 1. The Balaban J connectivity index is 1.51. The summed E-state index contributed by atoms with van der Waals surface area (Å²) >= 11 is 0. The molecule has 0 bridgehead atoms. The third-order valence-electron chi connectivity index (χ3n) is 4.89. The Labute approximate surface area is 157 Å². The molecule has 0 saturated carbocycles. The minimum atomic E-state index is -0.0967. The molecule has 1 amide bonds. The third-order valence-corrected chi connectivity index (χ3v) is 4.89. The molecule has 2 heterocycles. The number of carbonyl (C=O) groups excluding carboxylic acids is 1. The van der Waals surface area contributed by atoms with Crippen molar-refractivity contribution in [3.63, 3.8) is 0 Å². The number of nitrogens with zero attached hydrogens (tertiary/aromatic N) is 2. The van der Waals surface area contributed by atoms with Gasteiger partial charge in [-0.2, -0.15) is 5.10 Å². The maximum absolute atomic E-state index is 12.9. The van der Waals surface area contributed by atoms with Crippen LogP contribution in [0.5, 0.6) is 11.5 Å². The molecule has 0 saturated heterocycles. The zero-order valence-corrected chi connectivity index (χ0v) is 15.3. The van der Waals surface area contributed by atoms with Crippen molar-refractivity contribution in [2.75, 3.05) is 20.3 Å². The SMILES string of the molecule is C[C@@H](c1ccc2c(c1)OCCO2)N(C)C(=O)c1ccc(-c2ccn[nH]2)cc1. The van der Waals surface area contributed by atoms with Crippen LogP contribution in [0.25, 0.3) is 11.3 Å². The molecule has 1 aliphatic rings. The van der Waals surface area contributed by atoms with Crippen LogP contribution in [-0.2, 0) is 0 Å². The highest BCUT2D eigenvalue weighted by atomic mass is 16.6. The lowest BCUT2D eigenvalue weighted by Crippen LogP contribution is -2.29. The molecule has 3 aromatic rings. The van der Waals surface area contributed by atoms with Gasteiger partial charge in [-0.15, -0.1) is 0 Å². The molecular weight excluding hydrogens is 342 g/mol. The predicted molar refractivity (Wildman–Crippen MR) is 102 cm³/mol. The third kappa shape index (κ3) is 3.38. The number of amides is 1. The average molecular weight is 363 g/mol. The molecule has 1 aromatic heterocycles. The zero-order chi connectivity index (χ0) is 18.8. The second-order valence-corrected chi connectivity index (χ2v) is 6.54. The molecule has 2 aromatic carbocycles. The maximum atomic E-state index is 12.9. The van der Waals surface area contributed by atoms with Crippen molar-refractivity contribution >= 4 is 5.91 Å². The number of hydrogen-bond donors (Lipinski definition) is 1. The van der Waals surface area contributed by atoms with Crippen LogP contribution >= 0.6 is 0 Å². The first-order valence-corrected chi connectivity index (χ1v) is 8.90. The second-order valence-electron chi connectivity index (χ2n) is 6.54. The normalized spacial score (nSPS) is 13.9. The van der Waals surface area contributed by atoms with Crippen molar-refractivity contribution < 1.29 is 14.3 Å². The number of H-pyrrole nitrogens is 1. The fourth-order valence-corrected chi connectivity index (χ4v) is 3.13. The van der Waals surface area contributed by atoms with Crippen LogP contribution in [0.4, 0.5) is 0 Å². The van der Waals surface area contributed by atoms with E-state index in [-0.39, 0.29) is 11.9 Å². The van der Waals surface area contributed by atoms with Crippen LogP contribution in [0.1, 0.15) is 28.9 Å². The molecule has 0 aliphatic carbocycles. The topological polar surface area (TPSA) is 67.5 Å². The number of nitrogens with one attached hydrogen (secondary N) is 1. The number of ether oxygens (including phenoxy) is 2. The summed E-state index contributed by atoms with van der Waals surface area (Å²) in [6.45, 7) is 3.11. The van der Waals surface area contributed by atoms with Gasteiger partial charge in [0.05, 0.1) is 11.7 Å². The van der Waals surface area contributed by atoms with Crippen molar-refractivity contribution in [1.29, 1.82) is 0 Å². The van der Waals surface area contributed by atoms with Gasteiger partial charge in [0, 0.05) is 18.8 Å². The molecule has 0 spiro atoms. The van der Waals surface area contributed by atoms with Crippen molar-refractivity contribution in [3.05, 3.63) is 65.9 Å². The molecule has 138 valence electrons. The fraction of sp³-hybridized carbons (Fsp3) is 0.238. The summed E-state index contributed by atoms with van der Waals surface area (Å²) in [6, 6.07) is 15.1. The molecule has 0 fully saturated rings. The van der Waals surface area contributed by atoms with E-state index in [1.807, 2.05) is 62.5 Å². The zero-order valence-electron chi connectivity index (χ0n) is 15.3. The van der Waals surface area contributed by atoms with Crippen molar-refractivity contribution in [2.24, 2.45) is 0 Å². The van der Waals surface area contributed by atoms with Crippen LogP contribution in [-0.4, -0.2) is 41.3 Å². The monoisotopic (exact) mass is 363 g/mol. The van der Waals surface area contributed by atoms with Gasteiger partial charge in [-0.25, -0.2) is 0 Å². The Kier molecular flexibility index (Phi) is 4.54. The van der Waals surface area contributed by atoms with Crippen LogP contribution < -0.4 is 9.47 Å². The smallest absolute Gasteiger partial charge is 0.254 e. The highest BCUT2D eigenvalue weighted by Crippen LogP contribution is 2.34. The first-order valence-electron chi connectivity index (χ1n) is 8.90. The number of rotatable bonds is 4. The van der Waals surface area contributed by atoms with Gasteiger partial charge < -0.3 is 14.4 Å². The number of benzene rings is 2. The number of fused-ring (bicyclic) bond motifs is 1. The standard InChI is InChI=1S/C21H21N3O3/c1-14(17-7-8-19-20(13-17)27-12-11-26-19)24(2)21(25)16-5-3-15(4-6-16)18-9-10-22-23-18/h3-10,13-14H,11-12H2,1-2H3,(H,22,23)/t14-/m0/s1. The van der Waals surface area contributed by atoms with E-state index in [2.05, 4.69) is 10.2 Å². The maximum Gasteiger partial charge on any atom is 0.254 e. The van der Waals surface area contributed by atoms with Gasteiger partial charge >= 0.3 is 0 Å². The molecule has 6 heteroatoms. The van der Waals surface area contributed by atoms with E-state index in [0.29, 0.717) is 18.8 Å². The lowest BCUT2D eigenvalue weighted by atomic mass is 10.0. The largest absolute Gasteiger partial charge is 0.486 e. The summed E-state index contributed by atoms with van der Waals surface area (Å²) in [7, 11) is 1.81. The highest BCUT2D eigenvalue weighted by molar-refractivity contribution is 5.94. The second kappa shape index (κ2) is 7.15. The first kappa shape index (κ1) is 17.1. The molecular formula is C21H21N3O3. The van der Waals surface area contributed by atoms with Gasteiger partial charge in [0.2, 0.25) is 0 Å². The molecule has 27 heavy (non-hydrogen) atoms. The Morgan fingerprint density at radius 2 is 1.81 bits per heavy atom. The van der Waals surface area contributed by atoms with Crippen LogP contribution in [0.15, 0.2) is 54.7 Å². The number of aromatic amines is 1. The van der Waals surface area contributed by atoms with Crippen molar-refractivity contribution in [2.45, 2.75) is 13.0 Å². The summed E-state index contributed by atoms with van der Waals surface area (Å²) in [5, 5.41) is 6.87. The predicted octanol–water partition coefficient (Wildman–Crippen LogP) is 3.68. The van der Waals surface area contributed by atoms with E-state index in [9.17, 15) is 4.79 Å². The van der Waals surface area contributed by atoms with E-state index in [4.69, 9.17) is 9.47 Å². The molecule has 1 N–H and O–H groups in total. The molecule has 0 radical (unpaired) electrons. The van der Waals surface area contributed by atoms with Crippen molar-refractivity contribution in [3.8, 4) is 22.8 Å². The van der Waals surface area contributed by atoms with E-state index < -0.39 is 0 Å². The summed E-state index contributed by atoms with van der Waals surface area (Å²) in [6.07, 6.45) is 1.71. The Morgan fingerprint density at radius 3 is 2.52 bits per heavy atom. The molecule has 1 aliphatic heterocycles. The number of aromatic nitrogens is 2. The summed E-state index contributed by atoms with van der Waals surface area (Å²) in [5.74, 6) is 1.45. The van der Waals surface area contributed by atoms with E-state index in [0.717, 1.165) is 28.3 Å². The van der Waals surface area contributed by atoms with Crippen molar-refractivity contribution in [1.82, 2.24) is 15.1 Å². The minimum absolute atomic E-state index is 0.0338. The molecule has 1 atom stereocenters. The van der Waals surface area contributed by atoms with Gasteiger partial charge in [-0.05, 0) is 48.4 Å². The van der Waals surface area contributed by atoms with Gasteiger partial charge in [-0.3, -0.25) is 9.89 Å². The van der Waals surface area contributed by atoms with Gasteiger partial charge in [-0.1, -0.05) is 18.2 Å². The van der Waals surface area contributed by atoms with E-state index in [1.54, 1.807) is 11.1 Å². The first-order chi connectivity index (χ1) is 13.1. The fourth-order valence-electron chi connectivity index (χ4n) is 3.13. The minimum Gasteiger partial charge on any atom is -0.486 e. The highest BCUT2D eigenvalue weighted by Gasteiger charge is 2.21. The summed E-state index contributed by atoms with van der Waals surface area (Å²) in [5.41, 5.74) is 3.56. The molecule has 0 unspecified atom stereocenters. The molecule has 4 rings (SSSR count). The van der Waals surface area contributed by atoms with Crippen LogP contribution in [0.2, 0.25) is 0 Å². The quantitative estimate of drug-likeness (QED) is 0.768. The lowest BCUT2D eigenvalue weighted by Gasteiger charge is -2.27.